The van der Waals surface area contributed by atoms with E-state index < -0.39 is 0 Å². The van der Waals surface area contributed by atoms with E-state index in [2.05, 4.69) is 41.4 Å². The van der Waals surface area contributed by atoms with Gasteiger partial charge in [-0.1, -0.05) is 6.92 Å². The summed E-state index contributed by atoms with van der Waals surface area (Å²) in [6.07, 6.45) is 4.51. The van der Waals surface area contributed by atoms with Crippen LogP contribution in [0.3, 0.4) is 0 Å². The van der Waals surface area contributed by atoms with Crippen molar-refractivity contribution in [2.24, 2.45) is 0 Å². The lowest BCUT2D eigenvalue weighted by molar-refractivity contribution is 0.158. The fraction of sp³-hybridized carbons (Fsp3) is 0.667. The molecule has 1 heterocycles. The third-order valence-electron chi connectivity index (χ3n) is 2.16. The van der Waals surface area contributed by atoms with Crippen LogP contribution in [0.15, 0.2) is 12.4 Å². The highest BCUT2D eigenvalue weighted by atomic mass is 16.5. The zero-order valence-corrected chi connectivity index (χ0v) is 11.1. The Labute approximate surface area is 103 Å². The summed E-state index contributed by atoms with van der Waals surface area (Å²) in [4.78, 5) is 8.59. The van der Waals surface area contributed by atoms with Crippen LogP contribution in [-0.2, 0) is 4.74 Å². The first-order valence-electron chi connectivity index (χ1n) is 5.90. The van der Waals surface area contributed by atoms with Gasteiger partial charge in [0.15, 0.2) is 0 Å². The normalized spacial score (nSPS) is 11.3. The zero-order chi connectivity index (χ0) is 12.7. The van der Waals surface area contributed by atoms with Gasteiger partial charge < -0.3 is 15.4 Å². The van der Waals surface area contributed by atoms with Crippen molar-refractivity contribution >= 4 is 11.6 Å². The lowest BCUT2D eigenvalue weighted by Crippen LogP contribution is -2.36. The van der Waals surface area contributed by atoms with Gasteiger partial charge in [-0.05, 0) is 20.3 Å². The van der Waals surface area contributed by atoms with E-state index in [0.29, 0.717) is 6.61 Å². The van der Waals surface area contributed by atoms with Crippen LogP contribution in [0.1, 0.15) is 27.2 Å². The van der Waals surface area contributed by atoms with Gasteiger partial charge in [0.1, 0.15) is 11.6 Å². The average molecular weight is 238 g/mol. The van der Waals surface area contributed by atoms with Crippen molar-refractivity contribution in [3.63, 3.8) is 0 Å². The van der Waals surface area contributed by atoms with Crippen LogP contribution >= 0.6 is 0 Å². The molecule has 1 rings (SSSR count). The molecule has 0 unspecified atom stereocenters. The minimum absolute atomic E-state index is 0.160. The zero-order valence-electron chi connectivity index (χ0n) is 11.1. The number of anilines is 2. The minimum Gasteiger partial charge on any atom is -0.382 e. The molecule has 0 saturated carbocycles. The van der Waals surface area contributed by atoms with Gasteiger partial charge in [0.25, 0.3) is 0 Å². The largest absolute Gasteiger partial charge is 0.382 e. The highest BCUT2D eigenvalue weighted by molar-refractivity contribution is 5.43. The first kappa shape index (κ1) is 13.7. The molecule has 17 heavy (non-hydrogen) atoms. The number of hydrogen-bond donors (Lipinski definition) is 2. The number of nitrogens with one attached hydrogen (secondary N) is 2. The van der Waals surface area contributed by atoms with Crippen molar-refractivity contribution in [1.29, 1.82) is 0 Å². The Bertz CT molecular complexity index is 341. The van der Waals surface area contributed by atoms with E-state index in [-0.39, 0.29) is 5.54 Å². The van der Waals surface area contributed by atoms with Crippen LogP contribution in [0.5, 0.6) is 0 Å². The second-order valence-corrected chi connectivity index (χ2v) is 4.66. The van der Waals surface area contributed by atoms with Crippen molar-refractivity contribution in [2.75, 3.05) is 30.9 Å². The molecule has 0 aliphatic rings. The highest BCUT2D eigenvalue weighted by Gasteiger charge is 2.17. The lowest BCUT2D eigenvalue weighted by atomic mass is 10.1. The molecule has 5 nitrogen and oxygen atoms in total. The number of methoxy groups -OCH3 is 1. The quantitative estimate of drug-likeness (QED) is 0.762. The molecule has 0 aliphatic carbocycles. The van der Waals surface area contributed by atoms with E-state index >= 15 is 0 Å². The van der Waals surface area contributed by atoms with Gasteiger partial charge in [-0.2, -0.15) is 0 Å². The molecule has 5 heteroatoms. The smallest absolute Gasteiger partial charge is 0.147 e. The fourth-order valence-corrected chi connectivity index (χ4v) is 1.51. The van der Waals surface area contributed by atoms with E-state index in [1.807, 2.05) is 0 Å². The highest BCUT2D eigenvalue weighted by Crippen LogP contribution is 2.14. The lowest BCUT2D eigenvalue weighted by Gasteiger charge is -2.25. The Balaban J connectivity index is 2.64. The number of nitrogens with zero attached hydrogens (tertiary/aromatic N) is 2. The number of hydrogen-bond acceptors (Lipinski definition) is 5. The predicted molar refractivity (Wildman–Crippen MR) is 70.4 cm³/mol. The van der Waals surface area contributed by atoms with Crippen LogP contribution in [-0.4, -0.2) is 35.8 Å². The standard InChI is InChI=1S/C12H22N4O/c1-5-6-14-10-7-13-8-11(15-10)16-12(2,3)9-17-4/h7-8H,5-6,9H2,1-4H3,(H2,14,15,16). The number of aromatic nitrogens is 2. The summed E-state index contributed by atoms with van der Waals surface area (Å²) >= 11 is 0. The third kappa shape index (κ3) is 4.99. The number of rotatable bonds is 7. The van der Waals surface area contributed by atoms with Crippen molar-refractivity contribution in [2.45, 2.75) is 32.7 Å². The van der Waals surface area contributed by atoms with Gasteiger partial charge in [-0.25, -0.2) is 4.98 Å². The Morgan fingerprint density at radius 3 is 2.65 bits per heavy atom. The monoisotopic (exact) mass is 238 g/mol. The molecule has 0 bridgehead atoms. The molecule has 0 saturated heterocycles. The molecular formula is C12H22N4O. The van der Waals surface area contributed by atoms with Crippen LogP contribution < -0.4 is 10.6 Å². The molecule has 0 aromatic carbocycles. The second kappa shape index (κ2) is 6.39. The molecule has 0 spiro atoms. The first-order valence-corrected chi connectivity index (χ1v) is 5.90. The van der Waals surface area contributed by atoms with E-state index in [1.54, 1.807) is 19.5 Å². The molecule has 0 amide bonds. The van der Waals surface area contributed by atoms with Gasteiger partial charge >= 0.3 is 0 Å². The Morgan fingerprint density at radius 2 is 2.00 bits per heavy atom. The summed E-state index contributed by atoms with van der Waals surface area (Å²) in [7, 11) is 1.69. The molecule has 96 valence electrons. The van der Waals surface area contributed by atoms with E-state index in [4.69, 9.17) is 4.74 Å². The van der Waals surface area contributed by atoms with Crippen LogP contribution in [0.25, 0.3) is 0 Å². The van der Waals surface area contributed by atoms with E-state index in [0.717, 1.165) is 24.6 Å². The summed E-state index contributed by atoms with van der Waals surface area (Å²) in [6, 6.07) is 0. The van der Waals surface area contributed by atoms with Gasteiger partial charge in [-0.15, -0.1) is 0 Å². The minimum atomic E-state index is -0.160. The van der Waals surface area contributed by atoms with Crippen LogP contribution in [0.4, 0.5) is 11.6 Å². The maximum Gasteiger partial charge on any atom is 0.147 e. The Hall–Kier alpha value is -1.36. The Morgan fingerprint density at radius 1 is 1.29 bits per heavy atom. The van der Waals surface area contributed by atoms with Crippen LogP contribution in [0, 0.1) is 0 Å². The maximum atomic E-state index is 5.15. The van der Waals surface area contributed by atoms with Gasteiger partial charge in [0.2, 0.25) is 0 Å². The SMILES string of the molecule is CCCNc1cncc(NC(C)(C)COC)n1. The molecule has 1 aromatic rings. The van der Waals surface area contributed by atoms with Crippen molar-refractivity contribution in [1.82, 2.24) is 9.97 Å². The average Bonchev–Trinajstić information content (AvgIpc) is 2.26. The van der Waals surface area contributed by atoms with Crippen molar-refractivity contribution in [3.05, 3.63) is 12.4 Å². The molecule has 0 aliphatic heterocycles. The molecule has 0 atom stereocenters. The maximum absolute atomic E-state index is 5.15. The van der Waals surface area contributed by atoms with Crippen molar-refractivity contribution in [3.8, 4) is 0 Å². The van der Waals surface area contributed by atoms with Gasteiger partial charge in [0.05, 0.1) is 24.5 Å². The first-order chi connectivity index (χ1) is 8.07. The molecule has 0 radical (unpaired) electrons. The molecule has 2 N–H and O–H groups in total. The van der Waals surface area contributed by atoms with Gasteiger partial charge in [-0.3, -0.25) is 4.98 Å². The molecule has 1 aromatic heterocycles. The molecular weight excluding hydrogens is 216 g/mol. The summed E-state index contributed by atoms with van der Waals surface area (Å²) in [5.41, 5.74) is -0.160. The predicted octanol–water partition coefficient (Wildman–Crippen LogP) is 2.14. The second-order valence-electron chi connectivity index (χ2n) is 4.66. The fourth-order valence-electron chi connectivity index (χ4n) is 1.51. The number of ether oxygens (including phenoxy) is 1. The summed E-state index contributed by atoms with van der Waals surface area (Å²) in [5, 5.41) is 6.51. The van der Waals surface area contributed by atoms with Gasteiger partial charge in [0, 0.05) is 13.7 Å². The van der Waals surface area contributed by atoms with Crippen molar-refractivity contribution < 1.29 is 4.74 Å². The summed E-state index contributed by atoms with van der Waals surface area (Å²) < 4.78 is 5.15. The van der Waals surface area contributed by atoms with E-state index in [9.17, 15) is 0 Å². The topological polar surface area (TPSA) is 59.1 Å². The summed E-state index contributed by atoms with van der Waals surface area (Å²) in [6.45, 7) is 7.75. The summed E-state index contributed by atoms with van der Waals surface area (Å²) in [5.74, 6) is 1.55. The Kier molecular flexibility index (Phi) is 5.15. The van der Waals surface area contributed by atoms with E-state index in [1.165, 1.54) is 0 Å². The third-order valence-corrected chi connectivity index (χ3v) is 2.16. The van der Waals surface area contributed by atoms with Crippen LogP contribution in [0.2, 0.25) is 0 Å². The molecule has 0 fully saturated rings.